The maximum atomic E-state index is 12.6. The van der Waals surface area contributed by atoms with E-state index in [0.29, 0.717) is 23.8 Å². The molecule has 1 aliphatic heterocycles. The lowest BCUT2D eigenvalue weighted by Crippen LogP contribution is -2.35. The Bertz CT molecular complexity index is 886. The lowest BCUT2D eigenvalue weighted by molar-refractivity contribution is 0.0991. The van der Waals surface area contributed by atoms with Gasteiger partial charge in [0.1, 0.15) is 0 Å². The Morgan fingerprint density at radius 1 is 1.16 bits per heavy atom. The topological polar surface area (TPSA) is 79.6 Å². The van der Waals surface area contributed by atoms with E-state index in [1.54, 1.807) is 25.1 Å². The molecule has 1 amide bonds. The van der Waals surface area contributed by atoms with Crippen molar-refractivity contribution in [3.8, 4) is 0 Å². The zero-order valence-corrected chi connectivity index (χ0v) is 15.4. The minimum atomic E-state index is -3.70. The van der Waals surface area contributed by atoms with Gasteiger partial charge in [-0.2, -0.15) is 4.31 Å². The Balaban J connectivity index is 1.78. The van der Waals surface area contributed by atoms with Crippen molar-refractivity contribution >= 4 is 33.2 Å². The third kappa shape index (κ3) is 3.73. The number of amides is 1. The quantitative estimate of drug-likeness (QED) is 0.874. The molecule has 1 fully saturated rings. The Kier molecular flexibility index (Phi) is 5.17. The van der Waals surface area contributed by atoms with Crippen LogP contribution in [-0.4, -0.2) is 31.7 Å². The number of furan rings is 1. The summed E-state index contributed by atoms with van der Waals surface area (Å²) in [6.07, 6.45) is 2.69. The third-order valence-electron chi connectivity index (χ3n) is 4.23. The van der Waals surface area contributed by atoms with E-state index in [1.165, 1.54) is 16.4 Å². The molecule has 1 aromatic carbocycles. The molecule has 134 valence electrons. The normalized spacial score (nSPS) is 15.9. The summed E-state index contributed by atoms with van der Waals surface area (Å²) in [7, 11) is -3.70. The standard InChI is InChI=1S/C17H19ClN2O4S/c1-12-13(18)6-5-7-14(12)19-17(21)15-8-9-16(24-15)25(22,23)20-10-3-2-4-11-20/h5-9H,2-4,10-11H2,1H3,(H,19,21). The average molecular weight is 383 g/mol. The molecule has 0 spiro atoms. The molecule has 1 aliphatic rings. The second-order valence-electron chi connectivity index (χ2n) is 5.95. The van der Waals surface area contributed by atoms with Gasteiger partial charge in [0.15, 0.2) is 5.76 Å². The number of anilines is 1. The number of rotatable bonds is 4. The van der Waals surface area contributed by atoms with E-state index in [-0.39, 0.29) is 10.9 Å². The first-order chi connectivity index (χ1) is 11.9. The highest BCUT2D eigenvalue weighted by Gasteiger charge is 2.29. The molecule has 0 unspecified atom stereocenters. The number of carbonyl (C=O) groups excluding carboxylic acids is 1. The second kappa shape index (κ2) is 7.19. The van der Waals surface area contributed by atoms with Crippen molar-refractivity contribution in [2.45, 2.75) is 31.3 Å². The Labute approximate surface area is 151 Å². The number of hydrogen-bond acceptors (Lipinski definition) is 4. The van der Waals surface area contributed by atoms with Crippen molar-refractivity contribution in [3.63, 3.8) is 0 Å². The van der Waals surface area contributed by atoms with Gasteiger partial charge in [-0.3, -0.25) is 4.79 Å². The summed E-state index contributed by atoms with van der Waals surface area (Å²) < 4.78 is 31.9. The van der Waals surface area contributed by atoms with Crippen LogP contribution in [0.15, 0.2) is 39.8 Å². The van der Waals surface area contributed by atoms with Gasteiger partial charge >= 0.3 is 0 Å². The molecule has 1 N–H and O–H groups in total. The number of halogens is 1. The monoisotopic (exact) mass is 382 g/mol. The fourth-order valence-electron chi connectivity index (χ4n) is 2.74. The van der Waals surface area contributed by atoms with Gasteiger partial charge in [-0.05, 0) is 49.6 Å². The molecular formula is C17H19ClN2O4S. The van der Waals surface area contributed by atoms with Crippen LogP contribution in [0.3, 0.4) is 0 Å². The first-order valence-electron chi connectivity index (χ1n) is 8.06. The average Bonchev–Trinajstić information content (AvgIpc) is 3.11. The maximum absolute atomic E-state index is 12.6. The zero-order chi connectivity index (χ0) is 18.0. The van der Waals surface area contributed by atoms with Crippen LogP contribution in [0.25, 0.3) is 0 Å². The van der Waals surface area contributed by atoms with Crippen LogP contribution < -0.4 is 5.32 Å². The van der Waals surface area contributed by atoms with E-state index in [1.807, 2.05) is 0 Å². The highest BCUT2D eigenvalue weighted by Crippen LogP contribution is 2.25. The third-order valence-corrected chi connectivity index (χ3v) is 6.41. The number of benzene rings is 1. The van der Waals surface area contributed by atoms with Gasteiger partial charge in [0, 0.05) is 23.8 Å². The lowest BCUT2D eigenvalue weighted by Gasteiger charge is -2.24. The van der Waals surface area contributed by atoms with E-state index >= 15 is 0 Å². The summed E-state index contributed by atoms with van der Waals surface area (Å²) in [6.45, 7) is 2.74. The molecule has 6 nitrogen and oxygen atoms in total. The van der Waals surface area contributed by atoms with Gasteiger partial charge in [-0.15, -0.1) is 0 Å². The molecule has 8 heteroatoms. The van der Waals surface area contributed by atoms with E-state index in [2.05, 4.69) is 5.32 Å². The number of carbonyl (C=O) groups is 1. The molecule has 1 saturated heterocycles. The number of nitrogens with one attached hydrogen (secondary N) is 1. The summed E-state index contributed by atoms with van der Waals surface area (Å²) in [5, 5.41) is 3.01. The van der Waals surface area contributed by atoms with Crippen molar-refractivity contribution in [1.82, 2.24) is 4.31 Å². The number of nitrogens with zero attached hydrogens (tertiary/aromatic N) is 1. The summed E-state index contributed by atoms with van der Waals surface area (Å²) in [5.41, 5.74) is 1.28. The van der Waals surface area contributed by atoms with E-state index in [9.17, 15) is 13.2 Å². The number of sulfonamides is 1. The molecule has 0 saturated carbocycles. The highest BCUT2D eigenvalue weighted by molar-refractivity contribution is 7.89. The predicted molar refractivity (Wildman–Crippen MR) is 95.5 cm³/mol. The maximum Gasteiger partial charge on any atom is 0.291 e. The van der Waals surface area contributed by atoms with Gasteiger partial charge in [-0.1, -0.05) is 24.1 Å². The van der Waals surface area contributed by atoms with Gasteiger partial charge in [0.05, 0.1) is 0 Å². The summed E-state index contributed by atoms with van der Waals surface area (Å²) >= 11 is 6.03. The molecule has 2 heterocycles. The Morgan fingerprint density at radius 3 is 2.60 bits per heavy atom. The van der Waals surface area contributed by atoms with Crippen LogP contribution in [-0.2, 0) is 10.0 Å². The Hall–Kier alpha value is -1.83. The minimum absolute atomic E-state index is 0.0602. The van der Waals surface area contributed by atoms with Crippen LogP contribution in [0.2, 0.25) is 5.02 Å². The number of piperidine rings is 1. The highest BCUT2D eigenvalue weighted by atomic mass is 35.5. The van der Waals surface area contributed by atoms with Crippen LogP contribution >= 0.6 is 11.6 Å². The molecule has 0 atom stereocenters. The minimum Gasteiger partial charge on any atom is -0.438 e. The molecule has 25 heavy (non-hydrogen) atoms. The predicted octanol–water partition coefficient (Wildman–Crippen LogP) is 3.67. The molecular weight excluding hydrogens is 364 g/mol. The molecule has 3 rings (SSSR count). The largest absolute Gasteiger partial charge is 0.438 e. The molecule has 2 aromatic rings. The van der Waals surface area contributed by atoms with E-state index < -0.39 is 15.9 Å². The smallest absolute Gasteiger partial charge is 0.291 e. The van der Waals surface area contributed by atoms with Crippen molar-refractivity contribution in [1.29, 1.82) is 0 Å². The summed E-state index contributed by atoms with van der Waals surface area (Å²) in [4.78, 5) is 12.3. The van der Waals surface area contributed by atoms with E-state index in [4.69, 9.17) is 16.0 Å². The lowest BCUT2D eigenvalue weighted by atomic mass is 10.2. The van der Waals surface area contributed by atoms with Gasteiger partial charge in [0.2, 0.25) is 5.09 Å². The van der Waals surface area contributed by atoms with Crippen molar-refractivity contribution in [2.24, 2.45) is 0 Å². The summed E-state index contributed by atoms with van der Waals surface area (Å²) in [5.74, 6) is -0.583. The van der Waals surface area contributed by atoms with Crippen molar-refractivity contribution in [3.05, 3.63) is 46.7 Å². The van der Waals surface area contributed by atoms with Gasteiger partial charge in [0.25, 0.3) is 15.9 Å². The second-order valence-corrected chi connectivity index (χ2v) is 8.23. The molecule has 0 aliphatic carbocycles. The van der Waals surface area contributed by atoms with Crippen LogP contribution in [0.5, 0.6) is 0 Å². The molecule has 0 radical (unpaired) electrons. The fourth-order valence-corrected chi connectivity index (χ4v) is 4.34. The molecule has 1 aromatic heterocycles. The van der Waals surface area contributed by atoms with Gasteiger partial charge < -0.3 is 9.73 Å². The van der Waals surface area contributed by atoms with Crippen LogP contribution in [0.4, 0.5) is 5.69 Å². The van der Waals surface area contributed by atoms with Crippen LogP contribution in [0.1, 0.15) is 35.4 Å². The van der Waals surface area contributed by atoms with Crippen LogP contribution in [0, 0.1) is 6.92 Å². The first-order valence-corrected chi connectivity index (χ1v) is 9.88. The zero-order valence-electron chi connectivity index (χ0n) is 13.8. The Morgan fingerprint density at radius 2 is 1.88 bits per heavy atom. The first kappa shape index (κ1) is 18.0. The summed E-state index contributed by atoms with van der Waals surface area (Å²) in [6, 6.07) is 7.85. The van der Waals surface area contributed by atoms with Gasteiger partial charge in [-0.25, -0.2) is 8.42 Å². The molecule has 0 bridgehead atoms. The van der Waals surface area contributed by atoms with Crippen molar-refractivity contribution < 1.29 is 17.6 Å². The SMILES string of the molecule is Cc1c(Cl)cccc1NC(=O)c1ccc(S(=O)(=O)N2CCCCC2)o1. The number of hydrogen-bond donors (Lipinski definition) is 1. The fraction of sp³-hybridized carbons (Fsp3) is 0.353. The van der Waals surface area contributed by atoms with E-state index in [0.717, 1.165) is 24.8 Å². The van der Waals surface area contributed by atoms with Crippen molar-refractivity contribution in [2.75, 3.05) is 18.4 Å².